The standard InChI is InChI=1S/C31H29BrO14/c1-9-20(33)23(36)27(46-30-24(37)26(40-3)21(34)10(2)41-30)31(42-9)44-13-6-4-5-11-15(13)25-18-17-14(43-29(39)19(18)22(11)35)8-7-12(32)16(17)28(38)45-25/h4-10,20-21,23-24,26-27,30-31,33-37H,1-3H3/t9-,10-,20+,21+,23+,24-,26+,27-,30-,31+/m1/s1. The van der Waals surface area contributed by atoms with E-state index in [1.807, 2.05) is 0 Å². The van der Waals surface area contributed by atoms with Crippen LogP contribution in [0.15, 0.2) is 53.2 Å². The van der Waals surface area contributed by atoms with Crippen LogP contribution in [0.2, 0.25) is 0 Å². The Balaban J connectivity index is 1.38. The Morgan fingerprint density at radius 2 is 1.43 bits per heavy atom. The second kappa shape index (κ2) is 11.4. The summed E-state index contributed by atoms with van der Waals surface area (Å²) < 4.78 is 40.7. The lowest BCUT2D eigenvalue weighted by molar-refractivity contribution is -0.353. The maximum atomic E-state index is 13.3. The molecule has 0 spiro atoms. The van der Waals surface area contributed by atoms with Crippen molar-refractivity contribution in [2.45, 2.75) is 75.3 Å². The zero-order valence-electron chi connectivity index (χ0n) is 24.4. The van der Waals surface area contributed by atoms with Crippen LogP contribution in [0.25, 0.3) is 43.5 Å². The van der Waals surface area contributed by atoms with Crippen LogP contribution >= 0.6 is 15.9 Å². The third-order valence-electron chi connectivity index (χ3n) is 8.77. The predicted octanol–water partition coefficient (Wildman–Crippen LogP) is 1.82. The smallest absolute Gasteiger partial charge is 0.348 e. The van der Waals surface area contributed by atoms with Gasteiger partial charge in [0.05, 0.1) is 23.0 Å². The van der Waals surface area contributed by atoms with Crippen molar-refractivity contribution in [3.8, 4) is 11.5 Å². The van der Waals surface area contributed by atoms with Crippen molar-refractivity contribution in [1.29, 1.82) is 0 Å². The number of aliphatic hydroxyl groups is 4. The van der Waals surface area contributed by atoms with Gasteiger partial charge in [0.1, 0.15) is 53.0 Å². The molecular weight excluding hydrogens is 676 g/mol. The lowest BCUT2D eigenvalue weighted by Gasteiger charge is -2.46. The number of methoxy groups -OCH3 is 1. The topological polar surface area (TPSA) is 208 Å². The fraction of sp³-hybridized carbons (Fsp3) is 0.419. The summed E-state index contributed by atoms with van der Waals surface area (Å²) in [4.78, 5) is 26.4. The molecule has 5 N–H and O–H groups in total. The number of hydrogen-bond donors (Lipinski definition) is 5. The average molecular weight is 705 g/mol. The van der Waals surface area contributed by atoms with Gasteiger partial charge in [-0.3, -0.25) is 0 Å². The Morgan fingerprint density at radius 1 is 0.739 bits per heavy atom. The normalized spacial score (nSPS) is 32.2. The quantitative estimate of drug-likeness (QED) is 0.101. The van der Waals surface area contributed by atoms with Gasteiger partial charge in [-0.25, -0.2) is 9.59 Å². The SMILES string of the molecule is CO[C@H]1[C@@H](O)[C@@H](C)O[C@H](O[C@H]2[C@H](Oc3cccc4c(O)c5c(=O)oc6ccc(Br)c7c(=O)oc(c34)c5c67)O[C@H](C)[C@H](O)[C@@H]2O)[C@@H]1O. The summed E-state index contributed by atoms with van der Waals surface area (Å²) in [5, 5.41) is 54.9. The summed E-state index contributed by atoms with van der Waals surface area (Å²) >= 11 is 3.35. The fourth-order valence-electron chi connectivity index (χ4n) is 6.39. The molecule has 244 valence electrons. The first-order valence-corrected chi connectivity index (χ1v) is 15.2. The van der Waals surface area contributed by atoms with Gasteiger partial charge in [0.2, 0.25) is 6.29 Å². The third kappa shape index (κ3) is 4.61. The van der Waals surface area contributed by atoms with E-state index in [-0.39, 0.29) is 49.2 Å². The summed E-state index contributed by atoms with van der Waals surface area (Å²) in [7, 11) is 1.30. The molecule has 2 saturated heterocycles. The second-order valence-corrected chi connectivity index (χ2v) is 12.3. The van der Waals surface area contributed by atoms with Crippen molar-refractivity contribution in [2.24, 2.45) is 0 Å². The predicted molar refractivity (Wildman–Crippen MR) is 163 cm³/mol. The van der Waals surface area contributed by atoms with E-state index < -0.39 is 78.4 Å². The minimum Gasteiger partial charge on any atom is -0.506 e. The molecule has 0 amide bonds. The van der Waals surface area contributed by atoms with Gasteiger partial charge in [0.15, 0.2) is 18.0 Å². The molecule has 14 nitrogen and oxygen atoms in total. The zero-order chi connectivity index (χ0) is 32.8. The van der Waals surface area contributed by atoms with E-state index in [1.165, 1.54) is 38.3 Å². The maximum absolute atomic E-state index is 13.3. The Labute approximate surface area is 266 Å². The lowest BCUT2D eigenvalue weighted by atomic mass is 9.97. The van der Waals surface area contributed by atoms with Gasteiger partial charge in [-0.2, -0.15) is 0 Å². The number of phenols is 1. The van der Waals surface area contributed by atoms with Gasteiger partial charge in [0.25, 0.3) is 0 Å². The Kier molecular flexibility index (Phi) is 7.74. The van der Waals surface area contributed by atoms with Crippen LogP contribution in [0.1, 0.15) is 13.8 Å². The Hall–Kier alpha value is -3.38. The number of aliphatic hydroxyl groups excluding tert-OH is 4. The summed E-state index contributed by atoms with van der Waals surface area (Å²) in [6.07, 6.45) is -13.0. The van der Waals surface area contributed by atoms with E-state index >= 15 is 0 Å². The molecule has 4 heterocycles. The number of ether oxygens (including phenoxy) is 5. The average Bonchev–Trinajstić information content (AvgIpc) is 3.02. The first-order valence-electron chi connectivity index (χ1n) is 14.4. The molecule has 0 aliphatic carbocycles. The number of phenolic OH excluding ortho intramolecular Hbond substituents is 1. The maximum Gasteiger partial charge on any atom is 0.348 e. The van der Waals surface area contributed by atoms with Crippen molar-refractivity contribution in [3.05, 3.63) is 55.6 Å². The molecule has 5 aromatic rings. The third-order valence-corrected chi connectivity index (χ3v) is 9.43. The molecule has 3 aromatic carbocycles. The van der Waals surface area contributed by atoms with Gasteiger partial charge in [-0.15, -0.1) is 0 Å². The summed E-state index contributed by atoms with van der Waals surface area (Å²) in [6, 6.07) is 7.54. The minimum atomic E-state index is -1.61. The number of aromatic hydroxyl groups is 1. The first kappa shape index (κ1) is 31.2. The number of hydrogen-bond acceptors (Lipinski definition) is 14. The molecule has 0 bridgehead atoms. The van der Waals surface area contributed by atoms with E-state index in [9.17, 15) is 35.1 Å². The molecule has 15 heteroatoms. The molecule has 2 fully saturated rings. The van der Waals surface area contributed by atoms with Crippen molar-refractivity contribution >= 4 is 59.4 Å². The lowest BCUT2D eigenvalue weighted by Crippen LogP contribution is -2.64. The molecule has 46 heavy (non-hydrogen) atoms. The monoisotopic (exact) mass is 704 g/mol. The summed E-state index contributed by atoms with van der Waals surface area (Å²) in [6.45, 7) is 3.05. The molecule has 0 unspecified atom stereocenters. The summed E-state index contributed by atoms with van der Waals surface area (Å²) in [5.74, 6) is -0.452. The van der Waals surface area contributed by atoms with Gasteiger partial charge >= 0.3 is 11.3 Å². The van der Waals surface area contributed by atoms with Crippen LogP contribution in [-0.4, -0.2) is 94.1 Å². The molecule has 7 rings (SSSR count). The van der Waals surface area contributed by atoms with Crippen molar-refractivity contribution < 1.29 is 58.1 Å². The number of rotatable bonds is 5. The van der Waals surface area contributed by atoms with Crippen molar-refractivity contribution in [2.75, 3.05) is 7.11 Å². The number of fused-ring (bicyclic) bond motifs is 2. The zero-order valence-corrected chi connectivity index (χ0v) is 26.0. The van der Waals surface area contributed by atoms with Gasteiger partial charge in [-0.1, -0.05) is 12.1 Å². The van der Waals surface area contributed by atoms with Crippen LogP contribution in [0.4, 0.5) is 0 Å². The van der Waals surface area contributed by atoms with Gasteiger partial charge in [0, 0.05) is 27.7 Å². The number of halogens is 1. The highest BCUT2D eigenvalue weighted by Gasteiger charge is 2.50. The second-order valence-electron chi connectivity index (χ2n) is 11.5. The highest BCUT2D eigenvalue weighted by Crippen LogP contribution is 2.46. The van der Waals surface area contributed by atoms with Crippen LogP contribution in [0.5, 0.6) is 11.5 Å². The molecule has 10 atom stereocenters. The van der Waals surface area contributed by atoms with E-state index in [4.69, 9.17) is 32.5 Å². The fourth-order valence-corrected chi connectivity index (χ4v) is 6.88. The Bertz CT molecular complexity index is 2070. The van der Waals surface area contributed by atoms with Gasteiger partial charge in [-0.05, 0) is 48.0 Å². The van der Waals surface area contributed by atoms with Crippen LogP contribution in [0, 0.1) is 0 Å². The van der Waals surface area contributed by atoms with Crippen LogP contribution < -0.4 is 16.0 Å². The molecule has 0 radical (unpaired) electrons. The van der Waals surface area contributed by atoms with E-state index in [0.717, 1.165) is 0 Å². The van der Waals surface area contributed by atoms with Gasteiger partial charge < -0.3 is 58.1 Å². The van der Waals surface area contributed by atoms with E-state index in [0.29, 0.717) is 4.47 Å². The molecule has 2 aliphatic heterocycles. The molecule has 2 aliphatic rings. The van der Waals surface area contributed by atoms with Crippen molar-refractivity contribution in [3.63, 3.8) is 0 Å². The van der Waals surface area contributed by atoms with E-state index in [1.54, 1.807) is 13.0 Å². The number of benzene rings is 3. The highest BCUT2D eigenvalue weighted by molar-refractivity contribution is 9.10. The van der Waals surface area contributed by atoms with E-state index in [2.05, 4.69) is 15.9 Å². The summed E-state index contributed by atoms with van der Waals surface area (Å²) in [5.41, 5.74) is -1.58. The van der Waals surface area contributed by atoms with Crippen molar-refractivity contribution in [1.82, 2.24) is 0 Å². The minimum absolute atomic E-state index is 0.00426. The molecule has 2 aromatic heterocycles. The first-order chi connectivity index (χ1) is 21.9. The molecule has 0 saturated carbocycles. The van der Waals surface area contributed by atoms with Crippen LogP contribution in [0.3, 0.4) is 0 Å². The molecular formula is C31H29BrO14. The largest absolute Gasteiger partial charge is 0.506 e. The van der Waals surface area contributed by atoms with Crippen LogP contribution in [-0.2, 0) is 18.9 Å². The Morgan fingerprint density at radius 3 is 2.17 bits per heavy atom. The highest BCUT2D eigenvalue weighted by atomic mass is 79.9.